The van der Waals surface area contributed by atoms with Crippen molar-refractivity contribution in [3.05, 3.63) is 70.5 Å². The van der Waals surface area contributed by atoms with Crippen LogP contribution in [0, 0.1) is 0 Å². The van der Waals surface area contributed by atoms with Crippen molar-refractivity contribution < 1.29 is 9.53 Å². The van der Waals surface area contributed by atoms with Crippen molar-refractivity contribution in [2.75, 3.05) is 12.4 Å². The summed E-state index contributed by atoms with van der Waals surface area (Å²) in [7, 11) is 3.40. The number of ether oxygens (including phenoxy) is 1. The molecule has 2 N–H and O–H groups in total. The van der Waals surface area contributed by atoms with Gasteiger partial charge in [-0.3, -0.25) is 9.59 Å². The SMILES string of the molecule is COc1ccc(NC(=O)Cc2nnc(SC(C)c3nc4ccccc4c(=O)[nH]3)n2C)cc1. The van der Waals surface area contributed by atoms with E-state index in [0.29, 0.717) is 39.1 Å². The molecule has 4 rings (SSSR count). The third-order valence-electron chi connectivity index (χ3n) is 4.92. The van der Waals surface area contributed by atoms with Crippen molar-refractivity contribution in [1.29, 1.82) is 0 Å². The summed E-state index contributed by atoms with van der Waals surface area (Å²) >= 11 is 1.41. The van der Waals surface area contributed by atoms with Crippen LogP contribution in [0.15, 0.2) is 58.5 Å². The maximum atomic E-state index is 12.4. The van der Waals surface area contributed by atoms with Gasteiger partial charge in [0.2, 0.25) is 5.91 Å². The smallest absolute Gasteiger partial charge is 0.258 e. The van der Waals surface area contributed by atoms with Crippen LogP contribution >= 0.6 is 11.8 Å². The van der Waals surface area contributed by atoms with E-state index in [1.54, 1.807) is 42.0 Å². The van der Waals surface area contributed by atoms with E-state index in [4.69, 9.17) is 4.74 Å². The third kappa shape index (κ3) is 4.65. The Bertz CT molecular complexity index is 1320. The van der Waals surface area contributed by atoms with Gasteiger partial charge in [0.25, 0.3) is 5.56 Å². The van der Waals surface area contributed by atoms with Gasteiger partial charge in [-0.05, 0) is 43.3 Å². The summed E-state index contributed by atoms with van der Waals surface area (Å²) in [5.41, 5.74) is 1.15. The lowest BCUT2D eigenvalue weighted by molar-refractivity contribution is -0.115. The number of nitrogens with one attached hydrogen (secondary N) is 2. The van der Waals surface area contributed by atoms with Crippen molar-refractivity contribution in [3.8, 4) is 5.75 Å². The zero-order valence-electron chi connectivity index (χ0n) is 17.8. The molecule has 0 aliphatic heterocycles. The van der Waals surface area contributed by atoms with Crippen LogP contribution in [-0.4, -0.2) is 37.7 Å². The summed E-state index contributed by atoms with van der Waals surface area (Å²) in [6.45, 7) is 1.93. The highest BCUT2D eigenvalue weighted by molar-refractivity contribution is 7.99. The van der Waals surface area contributed by atoms with Crippen LogP contribution in [0.2, 0.25) is 0 Å². The number of aromatic amines is 1. The zero-order valence-corrected chi connectivity index (χ0v) is 18.6. The van der Waals surface area contributed by atoms with Crippen LogP contribution in [0.4, 0.5) is 5.69 Å². The lowest BCUT2D eigenvalue weighted by Crippen LogP contribution is -2.17. The number of H-pyrrole nitrogens is 1. The van der Waals surface area contributed by atoms with Gasteiger partial charge in [0.15, 0.2) is 5.16 Å². The molecule has 1 amide bonds. The Labute approximate surface area is 188 Å². The number of methoxy groups -OCH3 is 1. The number of amides is 1. The minimum atomic E-state index is -0.198. The molecule has 2 aromatic carbocycles. The average molecular weight is 451 g/mol. The molecule has 0 spiro atoms. The number of benzene rings is 2. The standard InChI is InChI=1S/C22H22N6O3S/c1-13(20-24-17-7-5-4-6-16(17)21(30)25-20)32-22-27-26-18(28(22)2)12-19(29)23-14-8-10-15(31-3)11-9-14/h4-11,13H,12H2,1-3H3,(H,23,29)(H,24,25,30). The number of carbonyl (C=O) groups excluding carboxylic acids is 1. The van der Waals surface area contributed by atoms with E-state index in [-0.39, 0.29) is 23.1 Å². The molecule has 2 aromatic heterocycles. The van der Waals surface area contributed by atoms with Gasteiger partial charge in [-0.25, -0.2) is 4.98 Å². The van der Waals surface area contributed by atoms with E-state index in [0.717, 1.165) is 0 Å². The molecule has 32 heavy (non-hydrogen) atoms. The minimum Gasteiger partial charge on any atom is -0.497 e. The van der Waals surface area contributed by atoms with Crippen molar-refractivity contribution >= 4 is 34.3 Å². The Morgan fingerprint density at radius 2 is 1.94 bits per heavy atom. The van der Waals surface area contributed by atoms with Crippen molar-refractivity contribution in [2.24, 2.45) is 7.05 Å². The van der Waals surface area contributed by atoms with Crippen molar-refractivity contribution in [3.63, 3.8) is 0 Å². The first kappa shape index (κ1) is 21.6. The molecule has 0 radical (unpaired) electrons. The normalized spacial score (nSPS) is 12.0. The third-order valence-corrected chi connectivity index (χ3v) is 6.06. The topological polar surface area (TPSA) is 115 Å². The van der Waals surface area contributed by atoms with E-state index < -0.39 is 0 Å². The summed E-state index contributed by atoms with van der Waals surface area (Å²) in [5, 5.41) is 12.2. The summed E-state index contributed by atoms with van der Waals surface area (Å²) in [4.78, 5) is 32.2. The largest absolute Gasteiger partial charge is 0.497 e. The Hall–Kier alpha value is -3.66. The number of carbonyl (C=O) groups is 1. The number of anilines is 1. The van der Waals surface area contributed by atoms with Gasteiger partial charge in [-0.1, -0.05) is 23.9 Å². The quantitative estimate of drug-likeness (QED) is 0.416. The van der Waals surface area contributed by atoms with Gasteiger partial charge in [0, 0.05) is 12.7 Å². The number of para-hydroxylation sites is 1. The summed E-state index contributed by atoms with van der Waals surface area (Å²) in [6, 6.07) is 14.3. The van der Waals surface area contributed by atoms with Gasteiger partial charge in [0.1, 0.15) is 17.4 Å². The van der Waals surface area contributed by atoms with E-state index in [9.17, 15) is 9.59 Å². The van der Waals surface area contributed by atoms with Gasteiger partial charge < -0.3 is 19.6 Å². The number of fused-ring (bicyclic) bond motifs is 1. The minimum absolute atomic E-state index is 0.0789. The Morgan fingerprint density at radius 1 is 1.19 bits per heavy atom. The first-order valence-corrected chi connectivity index (χ1v) is 10.8. The molecule has 2 heterocycles. The number of nitrogens with zero attached hydrogens (tertiary/aromatic N) is 4. The molecular formula is C22H22N6O3S. The maximum absolute atomic E-state index is 12.4. The molecule has 1 atom stereocenters. The fourth-order valence-electron chi connectivity index (χ4n) is 3.14. The first-order valence-electron chi connectivity index (χ1n) is 9.92. The molecule has 0 saturated carbocycles. The van der Waals surface area contributed by atoms with Crippen molar-refractivity contribution in [2.45, 2.75) is 23.8 Å². The average Bonchev–Trinajstić information content (AvgIpc) is 3.13. The molecule has 0 bridgehead atoms. The summed E-state index contributed by atoms with van der Waals surface area (Å²) in [5.74, 6) is 1.61. The van der Waals surface area contributed by atoms with Crippen LogP contribution in [0.1, 0.15) is 23.8 Å². The highest BCUT2D eigenvalue weighted by Gasteiger charge is 2.18. The number of hydrogen-bond acceptors (Lipinski definition) is 7. The molecule has 1 unspecified atom stereocenters. The lowest BCUT2D eigenvalue weighted by Gasteiger charge is -2.11. The number of hydrogen-bond donors (Lipinski definition) is 2. The van der Waals surface area contributed by atoms with Gasteiger partial charge in [-0.2, -0.15) is 0 Å². The predicted octanol–water partition coefficient (Wildman–Crippen LogP) is 3.09. The fourth-order valence-corrected chi connectivity index (χ4v) is 4.03. The second-order valence-corrected chi connectivity index (χ2v) is 8.45. The molecule has 0 fully saturated rings. The van der Waals surface area contributed by atoms with Crippen LogP contribution in [-0.2, 0) is 18.3 Å². The number of aromatic nitrogens is 5. The predicted molar refractivity (Wildman–Crippen MR) is 123 cm³/mol. The van der Waals surface area contributed by atoms with Crippen molar-refractivity contribution in [1.82, 2.24) is 24.7 Å². The Kier molecular flexibility index (Phi) is 6.22. The summed E-state index contributed by atoms with van der Waals surface area (Å²) in [6.07, 6.45) is 0.0789. The monoisotopic (exact) mass is 450 g/mol. The van der Waals surface area contributed by atoms with Gasteiger partial charge in [-0.15, -0.1) is 10.2 Å². The molecule has 164 valence electrons. The van der Waals surface area contributed by atoms with Crippen LogP contribution < -0.4 is 15.6 Å². The molecule has 0 aliphatic carbocycles. The Morgan fingerprint density at radius 3 is 2.69 bits per heavy atom. The zero-order chi connectivity index (χ0) is 22.7. The second kappa shape index (κ2) is 9.23. The van der Waals surface area contributed by atoms with Crippen LogP contribution in [0.5, 0.6) is 5.75 Å². The molecular weight excluding hydrogens is 428 g/mol. The highest BCUT2D eigenvalue weighted by Crippen LogP contribution is 2.32. The van der Waals surface area contributed by atoms with E-state index in [1.807, 2.05) is 32.2 Å². The molecule has 0 saturated heterocycles. The highest BCUT2D eigenvalue weighted by atomic mass is 32.2. The van der Waals surface area contributed by atoms with Crippen LogP contribution in [0.25, 0.3) is 10.9 Å². The molecule has 4 aromatic rings. The first-order chi connectivity index (χ1) is 15.4. The van der Waals surface area contributed by atoms with E-state index in [1.165, 1.54) is 11.8 Å². The van der Waals surface area contributed by atoms with Gasteiger partial charge >= 0.3 is 0 Å². The molecule has 10 heteroatoms. The van der Waals surface area contributed by atoms with Crippen LogP contribution in [0.3, 0.4) is 0 Å². The fraction of sp³-hybridized carbons (Fsp3) is 0.227. The second-order valence-electron chi connectivity index (χ2n) is 7.14. The lowest BCUT2D eigenvalue weighted by atomic mass is 10.2. The molecule has 9 nitrogen and oxygen atoms in total. The van der Waals surface area contributed by atoms with Gasteiger partial charge in [0.05, 0.1) is 29.7 Å². The van der Waals surface area contributed by atoms with E-state index >= 15 is 0 Å². The maximum Gasteiger partial charge on any atom is 0.258 e. The number of thioether (sulfide) groups is 1. The Balaban J connectivity index is 1.44. The number of rotatable bonds is 7. The van der Waals surface area contributed by atoms with E-state index in [2.05, 4.69) is 25.5 Å². The summed E-state index contributed by atoms with van der Waals surface area (Å²) < 4.78 is 6.89. The molecule has 0 aliphatic rings.